The molecule has 1 aliphatic heterocycles. The van der Waals surface area contributed by atoms with Crippen molar-refractivity contribution in [3.05, 3.63) is 27.7 Å². The van der Waals surface area contributed by atoms with Crippen LogP contribution in [0.25, 0.3) is 0 Å². The van der Waals surface area contributed by atoms with E-state index in [1.807, 2.05) is 0 Å². The highest BCUT2D eigenvalue weighted by Gasteiger charge is 2.40. The summed E-state index contributed by atoms with van der Waals surface area (Å²) in [5, 5.41) is 2.82. The normalized spacial score (nSPS) is 18.7. The number of hydrogen-bond donors (Lipinski definition) is 1. The van der Waals surface area contributed by atoms with Crippen LogP contribution in [0.5, 0.6) is 0 Å². The second-order valence-corrected chi connectivity index (χ2v) is 6.23. The van der Waals surface area contributed by atoms with Crippen molar-refractivity contribution < 1.29 is 22.8 Å². The first-order chi connectivity index (χ1) is 10.2. The maximum absolute atomic E-state index is 12.3. The Morgan fingerprint density at radius 3 is 2.73 bits per heavy atom. The summed E-state index contributed by atoms with van der Waals surface area (Å²) in [5.41, 5.74) is 0.344. The maximum Gasteiger partial charge on any atom is 0.406 e. The molecule has 22 heavy (non-hydrogen) atoms. The van der Waals surface area contributed by atoms with E-state index in [2.05, 4.69) is 21.2 Å². The largest absolute Gasteiger partial charge is 0.406 e. The average molecular weight is 400 g/mol. The van der Waals surface area contributed by atoms with E-state index < -0.39 is 30.5 Å². The summed E-state index contributed by atoms with van der Waals surface area (Å²) in [6.07, 6.45) is -4.72. The van der Waals surface area contributed by atoms with Crippen LogP contribution in [0.3, 0.4) is 0 Å². The topological polar surface area (TPSA) is 49.4 Å². The van der Waals surface area contributed by atoms with Gasteiger partial charge in [-0.15, -0.1) is 0 Å². The lowest BCUT2D eigenvalue weighted by Gasteiger charge is -2.18. The van der Waals surface area contributed by atoms with Crippen molar-refractivity contribution in [2.24, 2.45) is 5.92 Å². The Labute approximate surface area is 137 Å². The third kappa shape index (κ3) is 4.36. The molecule has 1 unspecified atom stereocenters. The zero-order valence-electron chi connectivity index (χ0n) is 11.1. The molecule has 0 aromatic heterocycles. The number of benzene rings is 1. The van der Waals surface area contributed by atoms with Gasteiger partial charge >= 0.3 is 6.18 Å². The fourth-order valence-corrected chi connectivity index (χ4v) is 2.86. The summed E-state index contributed by atoms with van der Waals surface area (Å²) in [6.45, 7) is -1.59. The van der Waals surface area contributed by atoms with Crippen molar-refractivity contribution in [1.29, 1.82) is 0 Å². The fourth-order valence-electron chi connectivity index (χ4n) is 2.14. The van der Waals surface area contributed by atoms with Crippen LogP contribution in [0.4, 0.5) is 18.9 Å². The van der Waals surface area contributed by atoms with Gasteiger partial charge < -0.3 is 10.2 Å². The van der Waals surface area contributed by atoms with Gasteiger partial charge in [-0.25, -0.2) is 0 Å². The van der Waals surface area contributed by atoms with Crippen LogP contribution < -0.4 is 5.32 Å². The number of carbonyl (C=O) groups excluding carboxylic acids is 2. The summed E-state index contributed by atoms with van der Waals surface area (Å²) >= 11 is 9.17. The van der Waals surface area contributed by atoms with Crippen molar-refractivity contribution in [3.8, 4) is 0 Å². The second kappa shape index (κ2) is 6.45. The lowest BCUT2D eigenvalue weighted by atomic mass is 10.1. The zero-order chi connectivity index (χ0) is 16.5. The Morgan fingerprint density at radius 2 is 2.14 bits per heavy atom. The van der Waals surface area contributed by atoms with Crippen LogP contribution in [0.15, 0.2) is 22.7 Å². The number of amides is 2. The standard InChI is InChI=1S/C13H11BrClF3N2O2/c14-8-1-2-10(9(15)4-8)19-12(22)7-3-11(21)20(5-7)6-13(16,17)18/h1-2,4,7H,3,5-6H2,(H,19,22). The number of halogens is 5. The molecule has 0 saturated carbocycles. The molecule has 120 valence electrons. The van der Waals surface area contributed by atoms with Crippen molar-refractivity contribution in [1.82, 2.24) is 4.90 Å². The summed E-state index contributed by atoms with van der Waals surface area (Å²) < 4.78 is 37.7. The molecule has 1 fully saturated rings. The molecule has 1 atom stereocenters. The van der Waals surface area contributed by atoms with Crippen LogP contribution in [0.1, 0.15) is 6.42 Å². The smallest absolute Gasteiger partial charge is 0.333 e. The number of alkyl halides is 3. The van der Waals surface area contributed by atoms with Gasteiger partial charge in [-0.1, -0.05) is 27.5 Å². The van der Waals surface area contributed by atoms with E-state index >= 15 is 0 Å². The van der Waals surface area contributed by atoms with Gasteiger partial charge in [0, 0.05) is 17.4 Å². The van der Waals surface area contributed by atoms with E-state index in [1.165, 1.54) is 0 Å². The summed E-state index contributed by atoms with van der Waals surface area (Å²) in [4.78, 5) is 24.3. The number of carbonyl (C=O) groups is 2. The van der Waals surface area contributed by atoms with E-state index in [0.29, 0.717) is 15.6 Å². The molecule has 2 amide bonds. The molecule has 0 bridgehead atoms. The van der Waals surface area contributed by atoms with Gasteiger partial charge in [0.2, 0.25) is 11.8 Å². The summed E-state index contributed by atoms with van der Waals surface area (Å²) in [6, 6.07) is 4.80. The third-order valence-corrected chi connectivity index (χ3v) is 3.95. The highest BCUT2D eigenvalue weighted by molar-refractivity contribution is 9.10. The van der Waals surface area contributed by atoms with E-state index in [0.717, 1.165) is 4.47 Å². The van der Waals surface area contributed by atoms with Crippen molar-refractivity contribution in [3.63, 3.8) is 0 Å². The summed E-state index contributed by atoms with van der Waals surface area (Å²) in [7, 11) is 0. The minimum Gasteiger partial charge on any atom is -0.333 e. The van der Waals surface area contributed by atoms with E-state index in [9.17, 15) is 22.8 Å². The van der Waals surface area contributed by atoms with E-state index in [-0.39, 0.29) is 13.0 Å². The number of anilines is 1. The Morgan fingerprint density at radius 1 is 1.45 bits per heavy atom. The molecule has 0 aliphatic carbocycles. The lowest BCUT2D eigenvalue weighted by molar-refractivity contribution is -0.157. The van der Waals surface area contributed by atoms with Crippen LogP contribution in [0, 0.1) is 5.92 Å². The van der Waals surface area contributed by atoms with Gasteiger partial charge in [0.15, 0.2) is 0 Å². The number of nitrogens with zero attached hydrogens (tertiary/aromatic N) is 1. The molecule has 0 radical (unpaired) electrons. The van der Waals surface area contributed by atoms with Gasteiger partial charge in [-0.3, -0.25) is 9.59 Å². The van der Waals surface area contributed by atoms with E-state index in [1.54, 1.807) is 18.2 Å². The quantitative estimate of drug-likeness (QED) is 0.846. The van der Waals surface area contributed by atoms with Gasteiger partial charge in [0.1, 0.15) is 6.54 Å². The zero-order valence-corrected chi connectivity index (χ0v) is 13.4. The van der Waals surface area contributed by atoms with Crippen molar-refractivity contribution >= 4 is 45.0 Å². The van der Waals surface area contributed by atoms with Gasteiger partial charge in [-0.05, 0) is 18.2 Å². The minimum absolute atomic E-state index is 0.240. The number of hydrogen-bond acceptors (Lipinski definition) is 2. The van der Waals surface area contributed by atoms with Crippen LogP contribution in [-0.2, 0) is 9.59 Å². The predicted molar refractivity (Wildman–Crippen MR) is 78.5 cm³/mol. The lowest BCUT2D eigenvalue weighted by Crippen LogP contribution is -2.36. The van der Waals surface area contributed by atoms with Gasteiger partial charge in [0.25, 0.3) is 0 Å². The second-order valence-electron chi connectivity index (χ2n) is 4.90. The molecule has 0 spiro atoms. The predicted octanol–water partition coefficient (Wildman–Crippen LogP) is 3.45. The van der Waals surface area contributed by atoms with Gasteiger partial charge in [0.05, 0.1) is 16.6 Å². The molecule has 2 rings (SSSR count). The fraction of sp³-hybridized carbons (Fsp3) is 0.385. The number of rotatable bonds is 3. The first-order valence-electron chi connectivity index (χ1n) is 6.26. The molecule has 1 aromatic rings. The van der Waals surface area contributed by atoms with Crippen LogP contribution >= 0.6 is 27.5 Å². The Bertz CT molecular complexity index is 609. The molecule has 1 aliphatic rings. The first-order valence-corrected chi connectivity index (χ1v) is 7.43. The van der Waals surface area contributed by atoms with E-state index in [4.69, 9.17) is 11.6 Å². The molecule has 4 nitrogen and oxygen atoms in total. The third-order valence-electron chi connectivity index (χ3n) is 3.14. The monoisotopic (exact) mass is 398 g/mol. The maximum atomic E-state index is 12.3. The SMILES string of the molecule is O=C(Nc1ccc(Br)cc1Cl)C1CC(=O)N(CC(F)(F)F)C1. The average Bonchev–Trinajstić information content (AvgIpc) is 2.72. The molecule has 1 N–H and O–H groups in total. The molecule has 1 aromatic carbocycles. The Kier molecular flexibility index (Phi) is 5.01. The number of likely N-dealkylation sites (tertiary alicyclic amines) is 1. The first kappa shape index (κ1) is 17.1. The number of nitrogens with one attached hydrogen (secondary N) is 1. The Balaban J connectivity index is 2.01. The molecule has 1 saturated heterocycles. The van der Waals surface area contributed by atoms with Crippen molar-refractivity contribution in [2.45, 2.75) is 12.6 Å². The summed E-state index contributed by atoms with van der Waals surface area (Å²) in [5.74, 6) is -2.03. The highest BCUT2D eigenvalue weighted by Crippen LogP contribution is 2.28. The van der Waals surface area contributed by atoms with Crippen molar-refractivity contribution in [2.75, 3.05) is 18.4 Å². The Hall–Kier alpha value is -1.28. The van der Waals surface area contributed by atoms with Crippen LogP contribution in [-0.4, -0.2) is 36.0 Å². The minimum atomic E-state index is -4.48. The highest BCUT2D eigenvalue weighted by atomic mass is 79.9. The molecular formula is C13H11BrClF3N2O2. The molecule has 9 heteroatoms. The molecule has 1 heterocycles. The van der Waals surface area contributed by atoms with Crippen LogP contribution in [0.2, 0.25) is 5.02 Å². The van der Waals surface area contributed by atoms with Gasteiger partial charge in [-0.2, -0.15) is 13.2 Å². The molecular weight excluding hydrogens is 389 g/mol.